The van der Waals surface area contributed by atoms with Gasteiger partial charge in [-0.25, -0.2) is 8.42 Å². The molecule has 1 N–H and O–H groups in total. The number of benzene rings is 1. The zero-order valence-electron chi connectivity index (χ0n) is 15.7. The van der Waals surface area contributed by atoms with Crippen molar-refractivity contribution in [3.05, 3.63) is 40.6 Å². The van der Waals surface area contributed by atoms with Gasteiger partial charge in [-0.15, -0.1) is 0 Å². The van der Waals surface area contributed by atoms with Gasteiger partial charge >= 0.3 is 6.18 Å². The Kier molecular flexibility index (Phi) is 6.41. The average molecular weight is 467 g/mol. The van der Waals surface area contributed by atoms with Crippen LogP contribution in [-0.2, 0) is 21.0 Å². The van der Waals surface area contributed by atoms with E-state index in [4.69, 9.17) is 16.1 Å². The third-order valence-corrected chi connectivity index (χ3v) is 6.70. The second-order valence-corrected chi connectivity index (χ2v) is 9.04. The predicted molar refractivity (Wildman–Crippen MR) is 102 cm³/mol. The van der Waals surface area contributed by atoms with Gasteiger partial charge in [0, 0.05) is 32.2 Å². The fraction of sp³-hybridized carbons (Fsp3) is 0.412. The normalized spacial score (nSPS) is 16.6. The number of anilines is 1. The summed E-state index contributed by atoms with van der Waals surface area (Å²) >= 11 is 5.56. The summed E-state index contributed by atoms with van der Waals surface area (Å²) in [4.78, 5) is 13.3. The van der Waals surface area contributed by atoms with Crippen molar-refractivity contribution in [2.24, 2.45) is 0 Å². The number of alkyl halides is 3. The minimum atomic E-state index is -4.77. The summed E-state index contributed by atoms with van der Waals surface area (Å²) in [7, 11) is -4.13. The molecule has 1 saturated heterocycles. The lowest BCUT2D eigenvalue weighted by molar-refractivity contribution is -0.137. The third kappa shape index (κ3) is 5.12. The molecule has 0 bridgehead atoms. The number of aromatic nitrogens is 1. The number of rotatable bonds is 5. The molecule has 1 aromatic heterocycles. The molecule has 1 aliphatic rings. The first kappa shape index (κ1) is 22.5. The van der Waals surface area contributed by atoms with Gasteiger partial charge in [0.2, 0.25) is 15.9 Å². The van der Waals surface area contributed by atoms with Crippen molar-refractivity contribution in [1.82, 2.24) is 14.4 Å². The molecule has 2 aromatic rings. The Morgan fingerprint density at radius 2 is 1.90 bits per heavy atom. The van der Waals surface area contributed by atoms with E-state index < -0.39 is 31.7 Å². The Bertz CT molecular complexity index is 1030. The Hall–Kier alpha value is -2.15. The number of nitrogens with one attached hydrogen (secondary N) is 1. The van der Waals surface area contributed by atoms with Crippen LogP contribution < -0.4 is 5.32 Å². The number of amides is 1. The third-order valence-electron chi connectivity index (χ3n) is 4.47. The van der Waals surface area contributed by atoms with Gasteiger partial charge in [-0.1, -0.05) is 16.8 Å². The topological polar surface area (TPSA) is 95.8 Å². The maximum Gasteiger partial charge on any atom is 0.417 e. The van der Waals surface area contributed by atoms with Crippen molar-refractivity contribution >= 4 is 33.3 Å². The Morgan fingerprint density at radius 1 is 1.23 bits per heavy atom. The van der Waals surface area contributed by atoms with E-state index in [9.17, 15) is 26.4 Å². The highest BCUT2D eigenvalue weighted by Crippen LogP contribution is 2.36. The molecule has 1 fully saturated rings. The molecule has 0 spiro atoms. The zero-order valence-corrected chi connectivity index (χ0v) is 17.3. The SMILES string of the molecule is Cc1cc(NC(=O)CN2CCN(S(=O)(=O)c3ccc(Cl)c(C(F)(F)F)c3)CC2)no1. The monoisotopic (exact) mass is 466 g/mol. The van der Waals surface area contributed by atoms with E-state index in [0.29, 0.717) is 11.8 Å². The number of hydrogen-bond acceptors (Lipinski definition) is 6. The van der Waals surface area contributed by atoms with Crippen LogP contribution in [-0.4, -0.2) is 61.4 Å². The van der Waals surface area contributed by atoms with Crippen LogP contribution in [0.15, 0.2) is 33.7 Å². The average Bonchev–Trinajstić information content (AvgIpc) is 3.06. The summed E-state index contributed by atoms with van der Waals surface area (Å²) in [5, 5.41) is 5.65. The molecule has 8 nitrogen and oxygen atoms in total. The summed E-state index contributed by atoms with van der Waals surface area (Å²) in [6.07, 6.45) is -4.77. The second-order valence-electron chi connectivity index (χ2n) is 6.69. The van der Waals surface area contributed by atoms with Crippen LogP contribution in [0, 0.1) is 6.92 Å². The van der Waals surface area contributed by atoms with Crippen molar-refractivity contribution in [3.8, 4) is 0 Å². The number of carbonyl (C=O) groups is 1. The molecule has 1 aliphatic heterocycles. The van der Waals surface area contributed by atoms with Gasteiger partial charge < -0.3 is 9.84 Å². The van der Waals surface area contributed by atoms with E-state index in [-0.39, 0.29) is 44.4 Å². The van der Waals surface area contributed by atoms with Crippen LogP contribution >= 0.6 is 11.6 Å². The largest absolute Gasteiger partial charge is 0.417 e. The van der Waals surface area contributed by atoms with Crippen LogP contribution in [0.25, 0.3) is 0 Å². The highest BCUT2D eigenvalue weighted by atomic mass is 35.5. The quantitative estimate of drug-likeness (QED) is 0.727. The van der Waals surface area contributed by atoms with Crippen LogP contribution in [0.3, 0.4) is 0 Å². The Morgan fingerprint density at radius 3 is 2.47 bits per heavy atom. The summed E-state index contributed by atoms with van der Waals surface area (Å²) in [6.45, 7) is 2.24. The van der Waals surface area contributed by atoms with Gasteiger partial charge in [-0.3, -0.25) is 9.69 Å². The molecule has 3 rings (SSSR count). The Balaban J connectivity index is 1.62. The molecule has 0 unspecified atom stereocenters. The van der Waals surface area contributed by atoms with Gasteiger partial charge in [0.1, 0.15) is 5.76 Å². The van der Waals surface area contributed by atoms with Crippen molar-refractivity contribution in [1.29, 1.82) is 0 Å². The number of hydrogen-bond donors (Lipinski definition) is 1. The molecule has 0 saturated carbocycles. The first-order valence-corrected chi connectivity index (χ1v) is 10.6. The molecule has 2 heterocycles. The minimum absolute atomic E-state index is 0.0129. The van der Waals surface area contributed by atoms with Gasteiger partial charge in [0.05, 0.1) is 22.0 Å². The summed E-state index contributed by atoms with van der Waals surface area (Å²) < 4.78 is 70.6. The maximum absolute atomic E-state index is 13.0. The number of piperazine rings is 1. The van der Waals surface area contributed by atoms with Gasteiger partial charge in [-0.2, -0.15) is 17.5 Å². The van der Waals surface area contributed by atoms with E-state index in [2.05, 4.69) is 10.5 Å². The van der Waals surface area contributed by atoms with E-state index in [1.54, 1.807) is 17.9 Å². The van der Waals surface area contributed by atoms with Crippen molar-refractivity contribution < 1.29 is 30.9 Å². The number of halogens is 4. The summed E-state index contributed by atoms with van der Waals surface area (Å²) in [5.74, 6) is 0.481. The molecule has 13 heteroatoms. The van der Waals surface area contributed by atoms with E-state index in [0.717, 1.165) is 16.4 Å². The molecule has 164 valence electrons. The van der Waals surface area contributed by atoms with E-state index in [1.165, 1.54) is 0 Å². The first-order chi connectivity index (χ1) is 14.0. The number of sulfonamides is 1. The molecular formula is C17H18ClF3N4O4S. The molecule has 0 radical (unpaired) electrons. The van der Waals surface area contributed by atoms with Gasteiger partial charge in [0.15, 0.2) is 5.82 Å². The first-order valence-electron chi connectivity index (χ1n) is 8.79. The van der Waals surface area contributed by atoms with Crippen molar-refractivity contribution in [3.63, 3.8) is 0 Å². The van der Waals surface area contributed by atoms with Crippen LogP contribution in [0.2, 0.25) is 5.02 Å². The predicted octanol–water partition coefficient (Wildman–Crippen LogP) is 2.60. The van der Waals surface area contributed by atoms with E-state index in [1.807, 2.05) is 0 Å². The van der Waals surface area contributed by atoms with Crippen molar-refractivity contribution in [2.75, 3.05) is 38.0 Å². The lowest BCUT2D eigenvalue weighted by Crippen LogP contribution is -2.50. The lowest BCUT2D eigenvalue weighted by atomic mass is 10.2. The molecule has 0 atom stereocenters. The smallest absolute Gasteiger partial charge is 0.360 e. The molecule has 1 aromatic carbocycles. The molecule has 30 heavy (non-hydrogen) atoms. The number of nitrogens with zero attached hydrogens (tertiary/aromatic N) is 3. The minimum Gasteiger partial charge on any atom is -0.360 e. The standard InChI is InChI=1S/C17H18ClF3N4O4S/c1-11-8-15(23-29-11)22-16(26)10-24-4-6-25(7-5-24)30(27,28)12-2-3-14(18)13(9-12)17(19,20)21/h2-3,8-9H,4-7,10H2,1H3,(H,22,23,26). The van der Waals surface area contributed by atoms with Gasteiger partial charge in [-0.05, 0) is 25.1 Å². The second kappa shape index (κ2) is 8.53. The van der Waals surface area contributed by atoms with Crippen LogP contribution in [0.1, 0.15) is 11.3 Å². The maximum atomic E-state index is 13.0. The van der Waals surface area contributed by atoms with Gasteiger partial charge in [0.25, 0.3) is 0 Å². The molecular weight excluding hydrogens is 449 g/mol. The van der Waals surface area contributed by atoms with Crippen LogP contribution in [0.4, 0.5) is 19.0 Å². The number of carbonyl (C=O) groups excluding carboxylic acids is 1. The molecule has 1 amide bonds. The summed E-state index contributed by atoms with van der Waals surface area (Å²) in [5.41, 5.74) is -1.20. The lowest BCUT2D eigenvalue weighted by Gasteiger charge is -2.33. The highest BCUT2D eigenvalue weighted by molar-refractivity contribution is 7.89. The van der Waals surface area contributed by atoms with E-state index >= 15 is 0 Å². The Labute approximate surface area is 175 Å². The molecule has 0 aliphatic carbocycles. The summed E-state index contributed by atoms with van der Waals surface area (Å²) in [6, 6.07) is 4.07. The fourth-order valence-corrected chi connectivity index (χ4v) is 4.64. The zero-order chi connectivity index (χ0) is 22.1. The van der Waals surface area contributed by atoms with Crippen LogP contribution in [0.5, 0.6) is 0 Å². The number of aryl methyl sites for hydroxylation is 1. The fourth-order valence-electron chi connectivity index (χ4n) is 2.97. The highest BCUT2D eigenvalue weighted by Gasteiger charge is 2.36. The van der Waals surface area contributed by atoms with Crippen molar-refractivity contribution in [2.45, 2.75) is 18.0 Å².